The summed E-state index contributed by atoms with van der Waals surface area (Å²) in [6, 6.07) is 9.63. The number of halogens is 2. The lowest BCUT2D eigenvalue weighted by atomic mass is 9.97. The van der Waals surface area contributed by atoms with Gasteiger partial charge in [-0.1, -0.05) is 30.1 Å². The number of nitrogens with two attached hydrogens (primary N) is 1. The number of hydrogen-bond donors (Lipinski definition) is 2. The zero-order valence-corrected chi connectivity index (χ0v) is 20.4. The van der Waals surface area contributed by atoms with Crippen molar-refractivity contribution in [2.45, 2.75) is 38.3 Å². The number of fused-ring (bicyclic) bond motifs is 1. The fourth-order valence-corrected chi connectivity index (χ4v) is 5.01. The van der Waals surface area contributed by atoms with Crippen molar-refractivity contribution in [3.05, 3.63) is 58.3 Å². The van der Waals surface area contributed by atoms with Gasteiger partial charge >= 0.3 is 0 Å². The number of rotatable bonds is 6. The smallest absolute Gasteiger partial charge is 0.151 e. The largest absolute Gasteiger partial charge is 0.486 e. The van der Waals surface area contributed by atoms with E-state index in [1.807, 2.05) is 37.3 Å². The second kappa shape index (κ2) is 9.02. The lowest BCUT2D eigenvalue weighted by Gasteiger charge is -2.23. The predicted octanol–water partition coefficient (Wildman–Crippen LogP) is 5.18. The van der Waals surface area contributed by atoms with E-state index in [0.29, 0.717) is 32.7 Å². The summed E-state index contributed by atoms with van der Waals surface area (Å²) in [5.41, 5.74) is 9.21. The summed E-state index contributed by atoms with van der Waals surface area (Å²) < 4.78 is 6.15. The third-order valence-electron chi connectivity index (χ3n) is 6.45. The summed E-state index contributed by atoms with van der Waals surface area (Å²) in [5.74, 6) is 1.49. The molecule has 0 radical (unpaired) electrons. The van der Waals surface area contributed by atoms with E-state index >= 15 is 0 Å². The van der Waals surface area contributed by atoms with E-state index in [2.05, 4.69) is 37.2 Å². The average Bonchev–Trinajstić information content (AvgIpc) is 3.43. The van der Waals surface area contributed by atoms with Gasteiger partial charge < -0.3 is 15.4 Å². The van der Waals surface area contributed by atoms with Gasteiger partial charge in [0.2, 0.25) is 0 Å². The number of nitrogens with zero attached hydrogens (tertiary/aromatic N) is 5. The Morgan fingerprint density at radius 1 is 1.18 bits per heavy atom. The van der Waals surface area contributed by atoms with Gasteiger partial charge in [0.1, 0.15) is 23.2 Å². The highest BCUT2D eigenvalue weighted by atomic mass is 35.5. The van der Waals surface area contributed by atoms with E-state index in [4.69, 9.17) is 33.7 Å². The van der Waals surface area contributed by atoms with Crippen LogP contribution in [0.1, 0.15) is 38.4 Å². The molecule has 3 aromatic heterocycles. The predicted molar refractivity (Wildman–Crippen MR) is 134 cm³/mol. The Morgan fingerprint density at radius 3 is 2.65 bits per heavy atom. The molecule has 2 atom stereocenters. The van der Waals surface area contributed by atoms with Crippen molar-refractivity contribution in [3.8, 4) is 17.1 Å². The summed E-state index contributed by atoms with van der Waals surface area (Å²) in [6.07, 6.45) is 4.64. The molecule has 10 heteroatoms. The fourth-order valence-electron chi connectivity index (χ4n) is 4.33. The molecule has 4 aromatic rings. The molecular weight excluding hydrogens is 473 g/mol. The number of aromatic amines is 1. The third-order valence-corrected chi connectivity index (χ3v) is 7.05. The van der Waals surface area contributed by atoms with Crippen LogP contribution in [0.3, 0.4) is 0 Å². The molecule has 0 unspecified atom stereocenters. The summed E-state index contributed by atoms with van der Waals surface area (Å²) >= 11 is 12.6. The van der Waals surface area contributed by atoms with E-state index in [0.717, 1.165) is 42.7 Å². The summed E-state index contributed by atoms with van der Waals surface area (Å²) in [7, 11) is 0. The SMILES string of the molecule is CC[C@]1(N)CCN(c2ccc(-c3n[nH]c4ccc(O[C@H](C)c5c(Cl)cncc5Cl)cc34)nn2)C1. The normalized spacial score (nSPS) is 19.0. The van der Waals surface area contributed by atoms with E-state index in [-0.39, 0.29) is 11.6 Å². The Labute approximate surface area is 207 Å². The third kappa shape index (κ3) is 4.29. The summed E-state index contributed by atoms with van der Waals surface area (Å²) in [6.45, 7) is 5.69. The first-order chi connectivity index (χ1) is 16.4. The maximum atomic E-state index is 6.42. The molecule has 1 saturated heterocycles. The Balaban J connectivity index is 1.39. The number of aromatic nitrogens is 5. The van der Waals surface area contributed by atoms with Crippen LogP contribution in [0.4, 0.5) is 5.82 Å². The van der Waals surface area contributed by atoms with Gasteiger partial charge in [-0.25, -0.2) is 0 Å². The van der Waals surface area contributed by atoms with Crippen molar-refractivity contribution in [2.75, 3.05) is 18.0 Å². The first-order valence-electron chi connectivity index (χ1n) is 11.2. The molecule has 0 aliphatic carbocycles. The zero-order valence-electron chi connectivity index (χ0n) is 18.9. The van der Waals surface area contributed by atoms with Gasteiger partial charge in [-0.05, 0) is 50.1 Å². The van der Waals surface area contributed by atoms with Gasteiger partial charge in [-0.15, -0.1) is 10.2 Å². The van der Waals surface area contributed by atoms with Crippen LogP contribution in [0.2, 0.25) is 10.0 Å². The monoisotopic (exact) mass is 497 g/mol. The van der Waals surface area contributed by atoms with E-state index in [9.17, 15) is 0 Å². The lowest BCUT2D eigenvalue weighted by molar-refractivity contribution is 0.227. The number of ether oxygens (including phenoxy) is 1. The second-order valence-electron chi connectivity index (χ2n) is 8.72. The number of pyridine rings is 1. The van der Waals surface area contributed by atoms with Crippen molar-refractivity contribution >= 4 is 39.9 Å². The molecule has 5 rings (SSSR count). The van der Waals surface area contributed by atoms with Gasteiger partial charge in [0.15, 0.2) is 5.82 Å². The Morgan fingerprint density at radius 2 is 1.97 bits per heavy atom. The van der Waals surface area contributed by atoms with E-state index in [1.54, 1.807) is 12.4 Å². The standard InChI is InChI=1S/C24H25Cl2N7O/c1-3-24(27)8-9-33(13-24)21-7-6-20(30-31-21)23-16-10-15(4-5-19(16)29-32-23)34-14(2)22-17(25)11-28-12-18(22)26/h4-7,10-12,14H,3,8-9,13,27H2,1-2H3,(H,29,32)/t14-,24+/m1/s1. The zero-order chi connectivity index (χ0) is 23.9. The maximum Gasteiger partial charge on any atom is 0.151 e. The van der Waals surface area contributed by atoms with Crippen molar-refractivity contribution in [1.29, 1.82) is 0 Å². The number of benzene rings is 1. The van der Waals surface area contributed by atoms with Crippen molar-refractivity contribution in [3.63, 3.8) is 0 Å². The molecule has 34 heavy (non-hydrogen) atoms. The quantitative estimate of drug-likeness (QED) is 0.377. The Kier molecular flexibility index (Phi) is 6.06. The van der Waals surface area contributed by atoms with Crippen molar-refractivity contribution in [1.82, 2.24) is 25.4 Å². The molecule has 1 fully saturated rings. The topological polar surface area (TPSA) is 106 Å². The minimum absolute atomic E-state index is 0.156. The number of hydrogen-bond acceptors (Lipinski definition) is 7. The van der Waals surface area contributed by atoms with E-state index in [1.165, 1.54) is 0 Å². The molecule has 0 bridgehead atoms. The highest BCUT2D eigenvalue weighted by Gasteiger charge is 2.33. The molecule has 0 amide bonds. The van der Waals surface area contributed by atoms with Crippen LogP contribution in [0.25, 0.3) is 22.3 Å². The second-order valence-corrected chi connectivity index (χ2v) is 9.54. The Bertz CT molecular complexity index is 1310. The molecule has 1 aliphatic heterocycles. The first-order valence-corrected chi connectivity index (χ1v) is 11.9. The van der Waals surface area contributed by atoms with Gasteiger partial charge in [0.25, 0.3) is 0 Å². The van der Waals surface area contributed by atoms with E-state index < -0.39 is 0 Å². The summed E-state index contributed by atoms with van der Waals surface area (Å²) in [5, 5.41) is 18.2. The molecular formula is C24H25Cl2N7O. The van der Waals surface area contributed by atoms with Gasteiger partial charge in [-0.2, -0.15) is 5.10 Å². The number of nitrogens with one attached hydrogen (secondary N) is 1. The Hall–Kier alpha value is -2.94. The van der Waals surface area contributed by atoms with Crippen molar-refractivity contribution < 1.29 is 4.74 Å². The summed E-state index contributed by atoms with van der Waals surface area (Å²) in [4.78, 5) is 6.19. The van der Waals surface area contributed by atoms with Gasteiger partial charge in [-0.3, -0.25) is 10.1 Å². The minimum atomic E-state index is -0.367. The fraction of sp³-hybridized carbons (Fsp3) is 0.333. The first kappa shape index (κ1) is 22.8. The number of H-pyrrole nitrogens is 1. The van der Waals surface area contributed by atoms with Crippen LogP contribution in [0.5, 0.6) is 5.75 Å². The number of anilines is 1. The van der Waals surface area contributed by atoms with Gasteiger partial charge in [0.05, 0.1) is 15.6 Å². The molecule has 0 spiro atoms. The van der Waals surface area contributed by atoms with Crippen LogP contribution in [0.15, 0.2) is 42.7 Å². The average molecular weight is 498 g/mol. The molecule has 1 aromatic carbocycles. The molecule has 8 nitrogen and oxygen atoms in total. The minimum Gasteiger partial charge on any atom is -0.486 e. The van der Waals surface area contributed by atoms with Crippen LogP contribution >= 0.6 is 23.2 Å². The molecule has 4 heterocycles. The highest BCUT2D eigenvalue weighted by Crippen LogP contribution is 2.35. The maximum absolute atomic E-state index is 6.42. The molecule has 0 saturated carbocycles. The lowest BCUT2D eigenvalue weighted by Crippen LogP contribution is -2.42. The van der Waals surface area contributed by atoms with Crippen molar-refractivity contribution in [2.24, 2.45) is 5.73 Å². The molecule has 176 valence electrons. The van der Waals surface area contributed by atoms with Crippen LogP contribution in [-0.2, 0) is 0 Å². The highest BCUT2D eigenvalue weighted by molar-refractivity contribution is 6.35. The van der Waals surface area contributed by atoms with Gasteiger partial charge in [0, 0.05) is 42.0 Å². The van der Waals surface area contributed by atoms with Crippen LogP contribution in [0, 0.1) is 0 Å². The van der Waals surface area contributed by atoms with Crippen LogP contribution < -0.4 is 15.4 Å². The molecule has 3 N–H and O–H groups in total. The molecule has 1 aliphatic rings. The van der Waals surface area contributed by atoms with Crippen LogP contribution in [-0.4, -0.2) is 44.0 Å².